The van der Waals surface area contributed by atoms with Crippen LogP contribution in [0.25, 0.3) is 0 Å². The van der Waals surface area contributed by atoms with Crippen molar-refractivity contribution in [3.63, 3.8) is 0 Å². The summed E-state index contributed by atoms with van der Waals surface area (Å²) >= 11 is 3.44. The topological polar surface area (TPSA) is 12.0 Å². The number of anilines is 1. The summed E-state index contributed by atoms with van der Waals surface area (Å²) in [6, 6.07) is 5.36. The molecule has 1 nitrogen and oxygen atoms in total. The summed E-state index contributed by atoms with van der Waals surface area (Å²) in [6.07, 6.45) is 3.81. The smallest absolute Gasteiger partial charge is 0.124 e. The molecule has 3 heteroatoms. The molecule has 19 heavy (non-hydrogen) atoms. The van der Waals surface area contributed by atoms with Crippen LogP contribution in [0.5, 0.6) is 0 Å². The SMILES string of the molecule is CC1CCC(C(C)C)C(Nc2ccc(F)cc2Br)C1. The van der Waals surface area contributed by atoms with E-state index >= 15 is 0 Å². The molecule has 1 fully saturated rings. The van der Waals surface area contributed by atoms with Gasteiger partial charge in [-0.3, -0.25) is 0 Å². The molecule has 2 rings (SSSR count). The van der Waals surface area contributed by atoms with Crippen LogP contribution in [0, 0.1) is 23.6 Å². The second kappa shape index (κ2) is 6.25. The van der Waals surface area contributed by atoms with E-state index in [9.17, 15) is 4.39 Å². The number of benzene rings is 1. The highest BCUT2D eigenvalue weighted by molar-refractivity contribution is 9.10. The first-order valence-electron chi connectivity index (χ1n) is 7.19. The third-order valence-electron chi connectivity index (χ3n) is 4.29. The molecule has 3 atom stereocenters. The first-order chi connectivity index (χ1) is 8.97. The van der Waals surface area contributed by atoms with Crippen LogP contribution in [0.2, 0.25) is 0 Å². The minimum absolute atomic E-state index is 0.199. The summed E-state index contributed by atoms with van der Waals surface area (Å²) in [5, 5.41) is 3.62. The van der Waals surface area contributed by atoms with Crippen LogP contribution in [0.3, 0.4) is 0 Å². The fourth-order valence-electron chi connectivity index (χ4n) is 3.17. The Morgan fingerprint density at radius 3 is 2.68 bits per heavy atom. The van der Waals surface area contributed by atoms with E-state index in [1.807, 2.05) is 6.07 Å². The van der Waals surface area contributed by atoms with Crippen LogP contribution >= 0.6 is 15.9 Å². The second-order valence-corrected chi connectivity index (χ2v) is 7.06. The van der Waals surface area contributed by atoms with E-state index in [1.165, 1.54) is 31.4 Å². The molecule has 0 aromatic heterocycles. The number of hydrogen-bond donors (Lipinski definition) is 1. The molecule has 3 unspecified atom stereocenters. The van der Waals surface area contributed by atoms with E-state index in [0.29, 0.717) is 17.9 Å². The Labute approximate surface area is 124 Å². The van der Waals surface area contributed by atoms with Crippen molar-refractivity contribution >= 4 is 21.6 Å². The average Bonchev–Trinajstić information content (AvgIpc) is 2.32. The third-order valence-corrected chi connectivity index (χ3v) is 4.95. The lowest BCUT2D eigenvalue weighted by Gasteiger charge is -2.38. The maximum absolute atomic E-state index is 13.1. The van der Waals surface area contributed by atoms with Gasteiger partial charge in [0.05, 0.1) is 0 Å². The summed E-state index contributed by atoms with van der Waals surface area (Å²) in [7, 11) is 0. The van der Waals surface area contributed by atoms with Gasteiger partial charge in [-0.2, -0.15) is 0 Å². The number of hydrogen-bond acceptors (Lipinski definition) is 1. The zero-order chi connectivity index (χ0) is 14.0. The molecule has 1 aromatic carbocycles. The summed E-state index contributed by atoms with van der Waals surface area (Å²) in [5.41, 5.74) is 1.01. The van der Waals surface area contributed by atoms with E-state index < -0.39 is 0 Å². The Balaban J connectivity index is 2.14. The quantitative estimate of drug-likeness (QED) is 0.777. The zero-order valence-electron chi connectivity index (χ0n) is 11.9. The number of rotatable bonds is 3. The van der Waals surface area contributed by atoms with E-state index in [2.05, 4.69) is 42.0 Å². The predicted octanol–water partition coefficient (Wildman–Crippen LogP) is 5.46. The first-order valence-corrected chi connectivity index (χ1v) is 7.98. The molecular formula is C16H23BrFN. The van der Waals surface area contributed by atoms with E-state index in [1.54, 1.807) is 0 Å². The van der Waals surface area contributed by atoms with Crippen molar-refractivity contribution in [3.8, 4) is 0 Å². The van der Waals surface area contributed by atoms with Crippen LogP contribution < -0.4 is 5.32 Å². The van der Waals surface area contributed by atoms with Gasteiger partial charge >= 0.3 is 0 Å². The van der Waals surface area contributed by atoms with Gasteiger partial charge in [0, 0.05) is 16.2 Å². The van der Waals surface area contributed by atoms with E-state index in [0.717, 1.165) is 16.1 Å². The first kappa shape index (κ1) is 14.8. The molecule has 1 saturated carbocycles. The molecule has 1 aliphatic carbocycles. The largest absolute Gasteiger partial charge is 0.381 e. The molecule has 1 N–H and O–H groups in total. The molecule has 1 aromatic rings. The minimum atomic E-state index is -0.199. The van der Waals surface area contributed by atoms with E-state index in [-0.39, 0.29) is 5.82 Å². The highest BCUT2D eigenvalue weighted by Gasteiger charge is 2.30. The average molecular weight is 328 g/mol. The van der Waals surface area contributed by atoms with Crippen molar-refractivity contribution < 1.29 is 4.39 Å². The molecule has 1 aliphatic rings. The van der Waals surface area contributed by atoms with Gasteiger partial charge in [0.2, 0.25) is 0 Å². The molecular weight excluding hydrogens is 305 g/mol. The van der Waals surface area contributed by atoms with Crippen LogP contribution in [0.15, 0.2) is 22.7 Å². The third kappa shape index (κ3) is 3.71. The Kier molecular flexibility index (Phi) is 4.88. The van der Waals surface area contributed by atoms with Gasteiger partial charge in [-0.1, -0.05) is 27.2 Å². The predicted molar refractivity (Wildman–Crippen MR) is 82.9 cm³/mol. The fraction of sp³-hybridized carbons (Fsp3) is 0.625. The van der Waals surface area contributed by atoms with Crippen molar-refractivity contribution in [2.75, 3.05) is 5.32 Å². The zero-order valence-corrected chi connectivity index (χ0v) is 13.5. The molecule has 0 amide bonds. The van der Waals surface area contributed by atoms with Crippen molar-refractivity contribution in [2.24, 2.45) is 17.8 Å². The van der Waals surface area contributed by atoms with E-state index in [4.69, 9.17) is 0 Å². The summed E-state index contributed by atoms with van der Waals surface area (Å²) < 4.78 is 13.9. The fourth-order valence-corrected chi connectivity index (χ4v) is 3.64. The molecule has 0 saturated heterocycles. The monoisotopic (exact) mass is 327 g/mol. The molecule has 0 aliphatic heterocycles. The van der Waals surface area contributed by atoms with Gasteiger partial charge in [-0.05, 0) is 64.7 Å². The molecule has 0 bridgehead atoms. The molecule has 0 radical (unpaired) electrons. The lowest BCUT2D eigenvalue weighted by molar-refractivity contribution is 0.212. The van der Waals surface area contributed by atoms with Crippen LogP contribution in [-0.4, -0.2) is 6.04 Å². The summed E-state index contributed by atoms with van der Waals surface area (Å²) in [5.74, 6) is 1.96. The van der Waals surface area contributed by atoms with Gasteiger partial charge in [-0.15, -0.1) is 0 Å². The normalized spacial score (nSPS) is 27.6. The Morgan fingerprint density at radius 1 is 1.32 bits per heavy atom. The van der Waals surface area contributed by atoms with Gasteiger partial charge < -0.3 is 5.32 Å². The number of nitrogens with one attached hydrogen (secondary N) is 1. The van der Waals surface area contributed by atoms with Crippen molar-refractivity contribution in [3.05, 3.63) is 28.5 Å². The van der Waals surface area contributed by atoms with Crippen molar-refractivity contribution in [2.45, 2.75) is 46.1 Å². The van der Waals surface area contributed by atoms with Gasteiger partial charge in [0.1, 0.15) is 5.82 Å². The minimum Gasteiger partial charge on any atom is -0.381 e. The van der Waals surface area contributed by atoms with Crippen LogP contribution in [-0.2, 0) is 0 Å². The maximum Gasteiger partial charge on any atom is 0.124 e. The lowest BCUT2D eigenvalue weighted by atomic mass is 9.74. The van der Waals surface area contributed by atoms with Crippen LogP contribution in [0.4, 0.5) is 10.1 Å². The Bertz CT molecular complexity index is 433. The highest BCUT2D eigenvalue weighted by atomic mass is 79.9. The maximum atomic E-state index is 13.1. The van der Waals surface area contributed by atoms with Crippen LogP contribution in [0.1, 0.15) is 40.0 Å². The lowest BCUT2D eigenvalue weighted by Crippen LogP contribution is -2.37. The highest BCUT2D eigenvalue weighted by Crippen LogP contribution is 2.36. The Hall–Kier alpha value is -0.570. The summed E-state index contributed by atoms with van der Waals surface area (Å²) in [4.78, 5) is 0. The van der Waals surface area contributed by atoms with Gasteiger partial charge in [-0.25, -0.2) is 4.39 Å². The number of halogens is 2. The Morgan fingerprint density at radius 2 is 2.05 bits per heavy atom. The standard InChI is InChI=1S/C16H23BrFN/c1-10(2)13-6-4-11(3)8-16(13)19-15-7-5-12(18)9-14(15)17/h5,7,9-11,13,16,19H,4,6,8H2,1-3H3. The molecule has 0 heterocycles. The molecule has 0 spiro atoms. The van der Waals surface area contributed by atoms with Gasteiger partial charge in [0.25, 0.3) is 0 Å². The van der Waals surface area contributed by atoms with Crippen molar-refractivity contribution in [1.29, 1.82) is 0 Å². The molecule has 106 valence electrons. The van der Waals surface area contributed by atoms with Crippen molar-refractivity contribution in [1.82, 2.24) is 0 Å². The second-order valence-electron chi connectivity index (χ2n) is 6.20. The van der Waals surface area contributed by atoms with Gasteiger partial charge in [0.15, 0.2) is 0 Å². The summed E-state index contributed by atoms with van der Waals surface area (Å²) in [6.45, 7) is 6.93.